The standard InChI is InChI=1S/C17H14/c1-2-3-8-13-14-9-4-6-11-16(14)17-12-7-5-10-15(13)17/h1,4-7,9-13H,3,8H2. The molecular formula is C17H14. The largest absolute Gasteiger partial charge is 0.120 e. The van der Waals surface area contributed by atoms with Crippen molar-refractivity contribution in [3.05, 3.63) is 59.7 Å². The SMILES string of the molecule is C#CCCC1c2ccccc2-c2ccccc21. The smallest absolute Gasteiger partial charge is 0.0111 e. The van der Waals surface area contributed by atoms with Crippen molar-refractivity contribution in [1.29, 1.82) is 0 Å². The van der Waals surface area contributed by atoms with Crippen LogP contribution in [0.2, 0.25) is 0 Å². The molecule has 2 aromatic carbocycles. The Morgan fingerprint density at radius 1 is 0.882 bits per heavy atom. The summed E-state index contributed by atoms with van der Waals surface area (Å²) in [6, 6.07) is 17.3. The maximum atomic E-state index is 5.40. The number of terminal acetylenes is 1. The van der Waals surface area contributed by atoms with Gasteiger partial charge in [0.15, 0.2) is 0 Å². The lowest BCUT2D eigenvalue weighted by Gasteiger charge is -2.11. The molecule has 0 aliphatic heterocycles. The van der Waals surface area contributed by atoms with Crippen LogP contribution in [0.3, 0.4) is 0 Å². The van der Waals surface area contributed by atoms with E-state index in [1.54, 1.807) is 0 Å². The fourth-order valence-corrected chi connectivity index (χ4v) is 2.80. The Balaban J connectivity index is 2.14. The van der Waals surface area contributed by atoms with Crippen LogP contribution in [0.25, 0.3) is 11.1 Å². The Labute approximate surface area is 102 Å². The normalized spacial score (nSPS) is 12.9. The summed E-state index contributed by atoms with van der Waals surface area (Å²) in [5.41, 5.74) is 5.63. The van der Waals surface area contributed by atoms with Gasteiger partial charge in [-0.05, 0) is 28.7 Å². The Kier molecular flexibility index (Phi) is 2.46. The summed E-state index contributed by atoms with van der Waals surface area (Å²) < 4.78 is 0. The molecule has 0 fully saturated rings. The molecule has 0 unspecified atom stereocenters. The average Bonchev–Trinajstić information content (AvgIpc) is 2.71. The van der Waals surface area contributed by atoms with Crippen LogP contribution in [0.15, 0.2) is 48.5 Å². The Bertz CT molecular complexity index is 541. The summed E-state index contributed by atoms with van der Waals surface area (Å²) in [5, 5.41) is 0. The van der Waals surface area contributed by atoms with Gasteiger partial charge in [0.05, 0.1) is 0 Å². The van der Waals surface area contributed by atoms with Crippen molar-refractivity contribution in [2.45, 2.75) is 18.8 Å². The van der Waals surface area contributed by atoms with E-state index in [4.69, 9.17) is 6.42 Å². The predicted molar refractivity (Wildman–Crippen MR) is 71.8 cm³/mol. The summed E-state index contributed by atoms with van der Waals surface area (Å²) in [6.45, 7) is 0. The first kappa shape index (κ1) is 10.2. The van der Waals surface area contributed by atoms with Gasteiger partial charge in [-0.3, -0.25) is 0 Å². The molecule has 0 radical (unpaired) electrons. The molecule has 3 rings (SSSR count). The van der Waals surface area contributed by atoms with Crippen LogP contribution >= 0.6 is 0 Å². The highest BCUT2D eigenvalue weighted by Gasteiger charge is 2.26. The monoisotopic (exact) mass is 218 g/mol. The molecule has 1 aliphatic rings. The summed E-state index contributed by atoms with van der Waals surface area (Å²) in [4.78, 5) is 0. The zero-order valence-corrected chi connectivity index (χ0v) is 9.69. The molecule has 0 heteroatoms. The molecule has 0 saturated carbocycles. The lowest BCUT2D eigenvalue weighted by atomic mass is 9.92. The Hall–Kier alpha value is -2.00. The zero-order valence-electron chi connectivity index (χ0n) is 9.69. The van der Waals surface area contributed by atoms with Crippen LogP contribution in [0.4, 0.5) is 0 Å². The van der Waals surface area contributed by atoms with Crippen molar-refractivity contribution in [1.82, 2.24) is 0 Å². The van der Waals surface area contributed by atoms with Crippen molar-refractivity contribution >= 4 is 0 Å². The number of hydrogen-bond donors (Lipinski definition) is 0. The number of fused-ring (bicyclic) bond motifs is 3. The third-order valence-corrected chi connectivity index (χ3v) is 3.54. The van der Waals surface area contributed by atoms with Gasteiger partial charge in [-0.25, -0.2) is 0 Å². The van der Waals surface area contributed by atoms with Gasteiger partial charge in [-0.1, -0.05) is 48.5 Å². The molecule has 1 aliphatic carbocycles. The molecular weight excluding hydrogens is 204 g/mol. The molecule has 0 N–H and O–H groups in total. The number of hydrogen-bond acceptors (Lipinski definition) is 0. The quantitative estimate of drug-likeness (QED) is 0.662. The van der Waals surface area contributed by atoms with Gasteiger partial charge in [0.1, 0.15) is 0 Å². The Morgan fingerprint density at radius 3 is 1.94 bits per heavy atom. The minimum atomic E-state index is 0.485. The molecule has 0 nitrogen and oxygen atoms in total. The van der Waals surface area contributed by atoms with Crippen molar-refractivity contribution < 1.29 is 0 Å². The second kappa shape index (κ2) is 4.11. The molecule has 0 heterocycles. The first-order valence-electron chi connectivity index (χ1n) is 6.03. The third kappa shape index (κ3) is 1.56. The Morgan fingerprint density at radius 2 is 1.41 bits per heavy atom. The highest BCUT2D eigenvalue weighted by molar-refractivity contribution is 5.78. The van der Waals surface area contributed by atoms with Crippen LogP contribution in [-0.4, -0.2) is 0 Å². The lowest BCUT2D eigenvalue weighted by Crippen LogP contribution is -1.95. The molecule has 0 atom stereocenters. The van der Waals surface area contributed by atoms with Crippen molar-refractivity contribution in [2.24, 2.45) is 0 Å². The topological polar surface area (TPSA) is 0 Å². The molecule has 2 aromatic rings. The molecule has 82 valence electrons. The van der Waals surface area contributed by atoms with Crippen molar-refractivity contribution in [3.8, 4) is 23.5 Å². The van der Waals surface area contributed by atoms with Gasteiger partial charge in [0.25, 0.3) is 0 Å². The summed E-state index contributed by atoms with van der Waals surface area (Å²) in [7, 11) is 0. The highest BCUT2D eigenvalue weighted by atomic mass is 14.3. The van der Waals surface area contributed by atoms with E-state index in [2.05, 4.69) is 54.5 Å². The van der Waals surface area contributed by atoms with Gasteiger partial charge < -0.3 is 0 Å². The van der Waals surface area contributed by atoms with Crippen LogP contribution in [0.5, 0.6) is 0 Å². The van der Waals surface area contributed by atoms with E-state index < -0.39 is 0 Å². The minimum Gasteiger partial charge on any atom is -0.120 e. The molecule has 0 spiro atoms. The second-order valence-electron chi connectivity index (χ2n) is 4.47. The predicted octanol–water partition coefficient (Wildman–Crippen LogP) is 4.21. The van der Waals surface area contributed by atoms with Crippen LogP contribution < -0.4 is 0 Å². The van der Waals surface area contributed by atoms with Gasteiger partial charge in [-0.15, -0.1) is 12.3 Å². The van der Waals surface area contributed by atoms with E-state index in [9.17, 15) is 0 Å². The first-order chi connectivity index (χ1) is 8.42. The van der Waals surface area contributed by atoms with E-state index in [0.717, 1.165) is 12.8 Å². The average molecular weight is 218 g/mol. The molecule has 0 amide bonds. The van der Waals surface area contributed by atoms with E-state index in [1.807, 2.05) is 0 Å². The van der Waals surface area contributed by atoms with Gasteiger partial charge in [0.2, 0.25) is 0 Å². The van der Waals surface area contributed by atoms with E-state index in [-0.39, 0.29) is 0 Å². The first-order valence-corrected chi connectivity index (χ1v) is 6.03. The molecule has 0 aromatic heterocycles. The van der Waals surface area contributed by atoms with E-state index in [0.29, 0.717) is 5.92 Å². The maximum Gasteiger partial charge on any atom is 0.0111 e. The van der Waals surface area contributed by atoms with E-state index >= 15 is 0 Å². The maximum absolute atomic E-state index is 5.40. The van der Waals surface area contributed by atoms with Crippen LogP contribution in [0.1, 0.15) is 29.9 Å². The summed E-state index contributed by atoms with van der Waals surface area (Å²) in [6.07, 6.45) is 7.28. The van der Waals surface area contributed by atoms with Crippen molar-refractivity contribution in [3.63, 3.8) is 0 Å². The van der Waals surface area contributed by atoms with Gasteiger partial charge in [0, 0.05) is 12.3 Å². The summed E-state index contributed by atoms with van der Waals surface area (Å²) in [5.74, 6) is 3.24. The van der Waals surface area contributed by atoms with Crippen molar-refractivity contribution in [2.75, 3.05) is 0 Å². The highest BCUT2D eigenvalue weighted by Crippen LogP contribution is 2.46. The second-order valence-corrected chi connectivity index (χ2v) is 4.47. The lowest BCUT2D eigenvalue weighted by molar-refractivity contribution is 0.754. The third-order valence-electron chi connectivity index (χ3n) is 3.54. The van der Waals surface area contributed by atoms with Crippen LogP contribution in [0, 0.1) is 12.3 Å². The van der Waals surface area contributed by atoms with Crippen LogP contribution in [-0.2, 0) is 0 Å². The molecule has 17 heavy (non-hydrogen) atoms. The zero-order chi connectivity index (χ0) is 11.7. The number of benzene rings is 2. The fraction of sp³-hybridized carbons (Fsp3) is 0.176. The van der Waals surface area contributed by atoms with Gasteiger partial charge in [-0.2, -0.15) is 0 Å². The molecule has 0 bridgehead atoms. The fourth-order valence-electron chi connectivity index (χ4n) is 2.80. The number of rotatable bonds is 2. The van der Waals surface area contributed by atoms with E-state index in [1.165, 1.54) is 22.3 Å². The minimum absolute atomic E-state index is 0.485. The van der Waals surface area contributed by atoms with Gasteiger partial charge >= 0.3 is 0 Å². The summed E-state index contributed by atoms with van der Waals surface area (Å²) >= 11 is 0. The molecule has 0 saturated heterocycles.